The van der Waals surface area contributed by atoms with Crippen molar-refractivity contribution in [3.8, 4) is 0 Å². The molecule has 0 unspecified atom stereocenters. The molecule has 0 fully saturated rings. The third kappa shape index (κ3) is 2.99. The molecule has 0 spiro atoms. The predicted octanol–water partition coefficient (Wildman–Crippen LogP) is 4.05. The van der Waals surface area contributed by atoms with E-state index in [-0.39, 0.29) is 0 Å². The van der Waals surface area contributed by atoms with Crippen molar-refractivity contribution in [1.29, 1.82) is 0 Å². The highest BCUT2D eigenvalue weighted by atomic mass is 32.1. The quantitative estimate of drug-likeness (QED) is 0.813. The minimum absolute atomic E-state index is 0.323. The number of thiocarbonyl (C=S) groups is 1. The van der Waals surface area contributed by atoms with Gasteiger partial charge >= 0.3 is 0 Å². The highest BCUT2D eigenvalue weighted by Gasteiger charge is 2.20. The lowest BCUT2D eigenvalue weighted by Gasteiger charge is -2.27. The molecular formula is C17H18N2S. The number of para-hydroxylation sites is 1. The Morgan fingerprint density at radius 3 is 2.60 bits per heavy atom. The zero-order valence-electron chi connectivity index (χ0n) is 11.3. The molecule has 0 aromatic heterocycles. The van der Waals surface area contributed by atoms with Gasteiger partial charge in [-0.2, -0.15) is 0 Å². The van der Waals surface area contributed by atoms with Crippen LogP contribution in [0.3, 0.4) is 0 Å². The number of anilines is 1. The van der Waals surface area contributed by atoms with Crippen molar-refractivity contribution < 1.29 is 0 Å². The molecule has 0 aliphatic heterocycles. The highest BCUT2D eigenvalue weighted by molar-refractivity contribution is 7.80. The van der Waals surface area contributed by atoms with Crippen molar-refractivity contribution in [1.82, 2.24) is 5.32 Å². The van der Waals surface area contributed by atoms with Gasteiger partial charge in [0.15, 0.2) is 5.11 Å². The molecule has 20 heavy (non-hydrogen) atoms. The summed E-state index contributed by atoms with van der Waals surface area (Å²) in [5.41, 5.74) is 3.85. The van der Waals surface area contributed by atoms with Crippen LogP contribution in [0.15, 0.2) is 54.6 Å². The lowest BCUT2D eigenvalue weighted by molar-refractivity contribution is 0.529. The molecule has 3 rings (SSSR count). The van der Waals surface area contributed by atoms with Gasteiger partial charge in [-0.05, 0) is 54.7 Å². The Labute approximate surface area is 125 Å². The van der Waals surface area contributed by atoms with Crippen molar-refractivity contribution >= 4 is 23.0 Å². The average molecular weight is 282 g/mol. The van der Waals surface area contributed by atoms with E-state index in [9.17, 15) is 0 Å². The monoisotopic (exact) mass is 282 g/mol. The van der Waals surface area contributed by atoms with E-state index >= 15 is 0 Å². The van der Waals surface area contributed by atoms with Gasteiger partial charge in [0.1, 0.15) is 0 Å². The second kappa shape index (κ2) is 6.06. The molecule has 0 saturated heterocycles. The lowest BCUT2D eigenvalue weighted by atomic mass is 9.88. The van der Waals surface area contributed by atoms with Crippen molar-refractivity contribution in [2.75, 3.05) is 5.32 Å². The summed E-state index contributed by atoms with van der Waals surface area (Å²) in [6.07, 6.45) is 3.52. The number of hydrogen-bond donors (Lipinski definition) is 2. The number of rotatable bonds is 2. The Bertz CT molecular complexity index is 595. The first-order chi connectivity index (χ1) is 9.83. The molecule has 2 aromatic rings. The molecule has 1 aliphatic carbocycles. The first-order valence-electron chi connectivity index (χ1n) is 7.03. The molecule has 1 aliphatic rings. The summed E-state index contributed by atoms with van der Waals surface area (Å²) in [6.45, 7) is 0. The zero-order chi connectivity index (χ0) is 13.8. The van der Waals surface area contributed by atoms with Crippen molar-refractivity contribution in [2.45, 2.75) is 25.3 Å². The Morgan fingerprint density at radius 1 is 1.00 bits per heavy atom. The minimum atomic E-state index is 0.323. The molecule has 0 radical (unpaired) electrons. The fourth-order valence-corrected chi connectivity index (χ4v) is 3.01. The summed E-state index contributed by atoms with van der Waals surface area (Å²) in [5, 5.41) is 7.38. The molecule has 0 bridgehead atoms. The highest BCUT2D eigenvalue weighted by Crippen LogP contribution is 2.29. The van der Waals surface area contributed by atoms with Crippen molar-refractivity contribution in [3.05, 3.63) is 65.7 Å². The topological polar surface area (TPSA) is 24.1 Å². The summed E-state index contributed by atoms with van der Waals surface area (Å²) >= 11 is 5.42. The van der Waals surface area contributed by atoms with Crippen LogP contribution in [0.5, 0.6) is 0 Å². The number of aryl methyl sites for hydroxylation is 1. The molecular weight excluding hydrogens is 264 g/mol. The Kier molecular flexibility index (Phi) is 3.97. The van der Waals surface area contributed by atoms with Crippen molar-refractivity contribution in [2.24, 2.45) is 0 Å². The van der Waals surface area contributed by atoms with Crippen LogP contribution in [0.25, 0.3) is 0 Å². The van der Waals surface area contributed by atoms with Gasteiger partial charge in [-0.1, -0.05) is 42.5 Å². The Balaban J connectivity index is 1.68. The van der Waals surface area contributed by atoms with E-state index in [0.29, 0.717) is 11.2 Å². The number of hydrogen-bond acceptors (Lipinski definition) is 1. The largest absolute Gasteiger partial charge is 0.356 e. The first-order valence-corrected chi connectivity index (χ1v) is 7.44. The van der Waals surface area contributed by atoms with Crippen LogP contribution in [-0.2, 0) is 6.42 Å². The standard InChI is InChI=1S/C17H18N2S/c20-17(18-14-9-2-1-3-10-14)19-16-12-6-8-13-7-4-5-11-15(13)16/h1-5,7,9-11,16H,6,8,12H2,(H2,18,19,20)/t16-/m1/s1. The second-order valence-corrected chi connectivity index (χ2v) is 5.52. The van der Waals surface area contributed by atoms with Crippen LogP contribution in [0.1, 0.15) is 30.0 Å². The van der Waals surface area contributed by atoms with E-state index in [0.717, 1.165) is 12.1 Å². The van der Waals surface area contributed by atoms with E-state index in [2.05, 4.69) is 34.9 Å². The summed E-state index contributed by atoms with van der Waals surface area (Å²) < 4.78 is 0. The maximum Gasteiger partial charge on any atom is 0.171 e. The second-order valence-electron chi connectivity index (χ2n) is 5.11. The van der Waals surface area contributed by atoms with Gasteiger partial charge in [0, 0.05) is 5.69 Å². The SMILES string of the molecule is S=C(Nc1ccccc1)N[C@@H]1CCCc2ccccc21. The maximum atomic E-state index is 5.42. The van der Waals surface area contributed by atoms with E-state index in [1.807, 2.05) is 30.3 Å². The van der Waals surface area contributed by atoms with E-state index in [4.69, 9.17) is 12.2 Å². The average Bonchev–Trinajstić information content (AvgIpc) is 2.48. The molecule has 1 atom stereocenters. The first kappa shape index (κ1) is 13.1. The van der Waals surface area contributed by atoms with Crippen LogP contribution in [0, 0.1) is 0 Å². The third-order valence-corrected chi connectivity index (χ3v) is 3.93. The van der Waals surface area contributed by atoms with Crippen LogP contribution in [0.2, 0.25) is 0 Å². The third-order valence-electron chi connectivity index (χ3n) is 3.71. The molecule has 2 aromatic carbocycles. The fourth-order valence-electron chi connectivity index (χ4n) is 2.75. The number of fused-ring (bicyclic) bond motifs is 1. The normalized spacial score (nSPS) is 17.1. The van der Waals surface area contributed by atoms with Crippen LogP contribution < -0.4 is 10.6 Å². The number of benzene rings is 2. The van der Waals surface area contributed by atoms with Gasteiger partial charge in [0.05, 0.1) is 6.04 Å². The van der Waals surface area contributed by atoms with Crippen LogP contribution in [-0.4, -0.2) is 5.11 Å². The zero-order valence-corrected chi connectivity index (χ0v) is 12.1. The molecule has 102 valence electrons. The van der Waals surface area contributed by atoms with E-state index in [1.54, 1.807) is 0 Å². The Hall–Kier alpha value is -1.87. The molecule has 2 nitrogen and oxygen atoms in total. The predicted molar refractivity (Wildman–Crippen MR) is 87.9 cm³/mol. The van der Waals surface area contributed by atoms with Gasteiger partial charge in [0.2, 0.25) is 0 Å². The Morgan fingerprint density at radius 2 is 1.75 bits per heavy atom. The van der Waals surface area contributed by atoms with E-state index in [1.165, 1.54) is 24.0 Å². The van der Waals surface area contributed by atoms with Gasteiger partial charge in [0.25, 0.3) is 0 Å². The number of nitrogens with one attached hydrogen (secondary N) is 2. The van der Waals surface area contributed by atoms with Gasteiger partial charge in [-0.15, -0.1) is 0 Å². The summed E-state index contributed by atoms with van der Waals surface area (Å²) in [5.74, 6) is 0. The summed E-state index contributed by atoms with van der Waals surface area (Å²) in [7, 11) is 0. The lowest BCUT2D eigenvalue weighted by Crippen LogP contribution is -2.34. The molecule has 3 heteroatoms. The van der Waals surface area contributed by atoms with Gasteiger partial charge in [-0.25, -0.2) is 0 Å². The molecule has 2 N–H and O–H groups in total. The molecule has 0 amide bonds. The summed E-state index contributed by atoms with van der Waals surface area (Å²) in [4.78, 5) is 0. The van der Waals surface area contributed by atoms with Crippen LogP contribution in [0.4, 0.5) is 5.69 Å². The van der Waals surface area contributed by atoms with Gasteiger partial charge < -0.3 is 10.6 Å². The maximum absolute atomic E-state index is 5.42. The minimum Gasteiger partial charge on any atom is -0.356 e. The fraction of sp³-hybridized carbons (Fsp3) is 0.235. The smallest absolute Gasteiger partial charge is 0.171 e. The van der Waals surface area contributed by atoms with Crippen molar-refractivity contribution in [3.63, 3.8) is 0 Å². The molecule has 0 saturated carbocycles. The molecule has 0 heterocycles. The van der Waals surface area contributed by atoms with E-state index < -0.39 is 0 Å². The van der Waals surface area contributed by atoms with Crippen LogP contribution >= 0.6 is 12.2 Å². The summed E-state index contributed by atoms with van der Waals surface area (Å²) in [6, 6.07) is 19.0. The van der Waals surface area contributed by atoms with Gasteiger partial charge in [-0.3, -0.25) is 0 Å².